The van der Waals surface area contributed by atoms with Gasteiger partial charge in [0.15, 0.2) is 0 Å². The average Bonchev–Trinajstić information content (AvgIpc) is 3.67. The molecular formula is C27H21ClF6N2O3. The number of nitrogens with zero attached hydrogens (tertiary/aromatic N) is 2. The molecule has 2 aliphatic rings. The summed E-state index contributed by atoms with van der Waals surface area (Å²) in [5.74, 6) is 0.199. The van der Waals surface area contributed by atoms with Crippen molar-refractivity contribution in [3.63, 3.8) is 0 Å². The SMILES string of the molecule is C[C@H]1[C@@H](c2cc(C(F)(F)F)cc(C(F)(F)F)c2)OC(=O)N1Cc1nc(C2CC2)ccc1-c1cc(O)ccc1Cl. The molecule has 1 amide bonds. The molecule has 0 radical (unpaired) electrons. The molecule has 2 aromatic carbocycles. The molecule has 2 fully saturated rings. The summed E-state index contributed by atoms with van der Waals surface area (Å²) < 4.78 is 85.8. The normalized spacial score (nSPS) is 19.9. The van der Waals surface area contributed by atoms with Crippen LogP contribution >= 0.6 is 11.6 Å². The van der Waals surface area contributed by atoms with Crippen LogP contribution in [0, 0.1) is 0 Å². The van der Waals surface area contributed by atoms with E-state index in [-0.39, 0.29) is 24.3 Å². The average molecular weight is 571 g/mol. The zero-order valence-corrected chi connectivity index (χ0v) is 21.0. The smallest absolute Gasteiger partial charge is 0.416 e. The molecule has 5 rings (SSSR count). The molecule has 1 saturated carbocycles. The number of carbonyl (C=O) groups excluding carboxylic acids is 1. The van der Waals surface area contributed by atoms with Crippen molar-refractivity contribution in [2.24, 2.45) is 0 Å². The lowest BCUT2D eigenvalue weighted by molar-refractivity contribution is -0.143. The summed E-state index contributed by atoms with van der Waals surface area (Å²) in [6.45, 7) is 1.33. The fraction of sp³-hybridized carbons (Fsp3) is 0.333. The van der Waals surface area contributed by atoms with Gasteiger partial charge in [-0.3, -0.25) is 9.88 Å². The Kier molecular flexibility index (Phi) is 6.69. The zero-order chi connectivity index (χ0) is 28.3. The summed E-state index contributed by atoms with van der Waals surface area (Å²) in [7, 11) is 0. The molecule has 1 aliphatic carbocycles. The molecule has 1 N–H and O–H groups in total. The molecule has 5 nitrogen and oxygen atoms in total. The minimum absolute atomic E-state index is 0.0291. The van der Waals surface area contributed by atoms with Crippen molar-refractivity contribution in [2.45, 2.75) is 56.7 Å². The van der Waals surface area contributed by atoms with Gasteiger partial charge in [0.25, 0.3) is 0 Å². The highest BCUT2D eigenvalue weighted by atomic mass is 35.5. The number of aromatic hydroxyl groups is 1. The van der Waals surface area contributed by atoms with Crippen molar-refractivity contribution >= 4 is 17.7 Å². The van der Waals surface area contributed by atoms with Gasteiger partial charge < -0.3 is 9.84 Å². The van der Waals surface area contributed by atoms with E-state index in [1.165, 1.54) is 30.0 Å². The monoisotopic (exact) mass is 570 g/mol. The number of rotatable bonds is 5. The maximum Gasteiger partial charge on any atom is 0.416 e. The van der Waals surface area contributed by atoms with E-state index in [1.807, 2.05) is 6.07 Å². The number of phenolic OH excluding ortho intramolecular Hbond substituents is 1. The second-order valence-electron chi connectivity index (χ2n) is 9.68. The second kappa shape index (κ2) is 9.62. The summed E-state index contributed by atoms with van der Waals surface area (Å²) in [4.78, 5) is 18.8. The van der Waals surface area contributed by atoms with Crippen LogP contribution in [0.15, 0.2) is 48.5 Å². The minimum atomic E-state index is -5.04. The van der Waals surface area contributed by atoms with E-state index >= 15 is 0 Å². The molecule has 12 heteroatoms. The molecule has 39 heavy (non-hydrogen) atoms. The van der Waals surface area contributed by atoms with Crippen molar-refractivity contribution < 1.29 is 41.0 Å². The number of ether oxygens (including phenoxy) is 1. The van der Waals surface area contributed by atoms with E-state index in [1.54, 1.807) is 6.07 Å². The van der Waals surface area contributed by atoms with Crippen LogP contribution in [-0.4, -0.2) is 27.1 Å². The maximum absolute atomic E-state index is 13.4. The van der Waals surface area contributed by atoms with Gasteiger partial charge in [-0.2, -0.15) is 26.3 Å². The summed E-state index contributed by atoms with van der Waals surface area (Å²) in [6, 6.07) is 8.17. The molecule has 0 bridgehead atoms. The van der Waals surface area contributed by atoms with Crippen LogP contribution in [0.5, 0.6) is 5.75 Å². The fourth-order valence-corrected chi connectivity index (χ4v) is 4.89. The Bertz CT molecular complexity index is 1410. The van der Waals surface area contributed by atoms with Gasteiger partial charge in [-0.1, -0.05) is 17.7 Å². The highest BCUT2D eigenvalue weighted by molar-refractivity contribution is 6.33. The Balaban J connectivity index is 1.52. The van der Waals surface area contributed by atoms with Gasteiger partial charge in [0, 0.05) is 27.8 Å². The standard InChI is InChI=1S/C27H21ClF6N2O3/c1-13-24(15-8-16(26(29,30)31)10-17(9-15)27(32,33)34)39-25(38)36(13)12-23-19(5-7-22(35-23)14-2-3-14)20-11-18(37)4-6-21(20)28/h4-11,13-14,24,37H,2-3,12H2,1H3/t13-,24-/m0/s1. The summed E-state index contributed by atoms with van der Waals surface area (Å²) in [5.41, 5.74) is -1.25. The Morgan fingerprint density at radius 1 is 0.974 bits per heavy atom. The number of alkyl halides is 6. The molecule has 2 atom stereocenters. The topological polar surface area (TPSA) is 62.7 Å². The summed E-state index contributed by atoms with van der Waals surface area (Å²) >= 11 is 6.37. The molecular weight excluding hydrogens is 550 g/mol. The third-order valence-electron chi connectivity index (χ3n) is 6.88. The maximum atomic E-state index is 13.4. The molecule has 1 aliphatic heterocycles. The van der Waals surface area contributed by atoms with Gasteiger partial charge in [0.05, 0.1) is 29.4 Å². The Hall–Kier alpha value is -3.47. The van der Waals surface area contributed by atoms with Crippen LogP contribution < -0.4 is 0 Å². The number of benzene rings is 2. The van der Waals surface area contributed by atoms with Crippen molar-refractivity contribution in [1.29, 1.82) is 0 Å². The number of carbonyl (C=O) groups is 1. The quantitative estimate of drug-likeness (QED) is 0.315. The number of amides is 1. The lowest BCUT2D eigenvalue weighted by atomic mass is 9.97. The van der Waals surface area contributed by atoms with Gasteiger partial charge in [0.1, 0.15) is 11.9 Å². The Morgan fingerprint density at radius 2 is 1.62 bits per heavy atom. The number of cyclic esters (lactones) is 1. The third kappa shape index (κ3) is 5.50. The van der Waals surface area contributed by atoms with E-state index in [9.17, 15) is 36.2 Å². The first-order valence-electron chi connectivity index (χ1n) is 12.0. The molecule has 1 aromatic heterocycles. The van der Waals surface area contributed by atoms with Gasteiger partial charge in [-0.15, -0.1) is 0 Å². The van der Waals surface area contributed by atoms with Crippen LogP contribution in [-0.2, 0) is 23.6 Å². The molecule has 1 saturated heterocycles. The Morgan fingerprint density at radius 3 is 2.21 bits per heavy atom. The van der Waals surface area contributed by atoms with Crippen molar-refractivity contribution in [1.82, 2.24) is 9.88 Å². The first kappa shape index (κ1) is 27.1. The first-order chi connectivity index (χ1) is 18.2. The van der Waals surface area contributed by atoms with Crippen LogP contribution in [0.4, 0.5) is 31.1 Å². The van der Waals surface area contributed by atoms with Crippen molar-refractivity contribution in [2.75, 3.05) is 0 Å². The highest BCUT2D eigenvalue weighted by Gasteiger charge is 2.43. The largest absolute Gasteiger partial charge is 0.508 e. The Labute approximate surface area is 224 Å². The zero-order valence-electron chi connectivity index (χ0n) is 20.3. The summed E-state index contributed by atoms with van der Waals surface area (Å²) in [5, 5.41) is 10.3. The third-order valence-corrected chi connectivity index (χ3v) is 7.21. The van der Waals surface area contributed by atoms with Crippen LogP contribution in [0.25, 0.3) is 11.1 Å². The van der Waals surface area contributed by atoms with E-state index in [2.05, 4.69) is 0 Å². The lowest BCUT2D eigenvalue weighted by Gasteiger charge is -2.23. The van der Waals surface area contributed by atoms with Gasteiger partial charge >= 0.3 is 18.4 Å². The number of hydrogen-bond donors (Lipinski definition) is 1. The van der Waals surface area contributed by atoms with Crippen LogP contribution in [0.2, 0.25) is 5.02 Å². The van der Waals surface area contributed by atoms with Gasteiger partial charge in [-0.25, -0.2) is 4.79 Å². The van der Waals surface area contributed by atoms with Gasteiger partial charge in [0.2, 0.25) is 0 Å². The predicted molar refractivity (Wildman–Crippen MR) is 129 cm³/mol. The van der Waals surface area contributed by atoms with Crippen LogP contribution in [0.3, 0.4) is 0 Å². The predicted octanol–water partition coefficient (Wildman–Crippen LogP) is 8.10. The highest BCUT2D eigenvalue weighted by Crippen LogP contribution is 2.43. The van der Waals surface area contributed by atoms with Gasteiger partial charge in [-0.05, 0) is 67.8 Å². The van der Waals surface area contributed by atoms with Crippen molar-refractivity contribution in [3.05, 3.63) is 81.6 Å². The molecule has 0 unspecified atom stereocenters. The second-order valence-corrected chi connectivity index (χ2v) is 10.1. The fourth-order valence-electron chi connectivity index (χ4n) is 4.67. The molecule has 0 spiro atoms. The molecule has 3 aromatic rings. The number of halogens is 7. The first-order valence-corrected chi connectivity index (χ1v) is 12.4. The number of hydrogen-bond acceptors (Lipinski definition) is 4. The number of phenols is 1. The number of aromatic nitrogens is 1. The lowest BCUT2D eigenvalue weighted by Crippen LogP contribution is -2.32. The van der Waals surface area contributed by atoms with E-state index in [4.69, 9.17) is 21.3 Å². The summed E-state index contributed by atoms with van der Waals surface area (Å²) in [6.07, 6.45) is -10.5. The molecule has 2 heterocycles. The number of pyridine rings is 1. The van der Waals surface area contributed by atoms with E-state index in [0.717, 1.165) is 18.5 Å². The van der Waals surface area contributed by atoms with E-state index < -0.39 is 47.3 Å². The van der Waals surface area contributed by atoms with Crippen LogP contribution in [0.1, 0.15) is 59.9 Å². The van der Waals surface area contributed by atoms with Crippen molar-refractivity contribution in [3.8, 4) is 16.9 Å². The molecule has 206 valence electrons. The van der Waals surface area contributed by atoms with E-state index in [0.29, 0.717) is 34.0 Å². The minimum Gasteiger partial charge on any atom is -0.508 e.